The van der Waals surface area contributed by atoms with Crippen LogP contribution in [-0.2, 0) is 0 Å². The maximum Gasteiger partial charge on any atom is 0.166 e. The standard InChI is InChI=1S/C45H28N4O/c1-3-14-29(15-4-1)43-46-44(30-16-5-2-6-17-30)48-45(47-43)35-19-8-11-23-38(35)49-37-22-10-7-18-33(37)34-27-26-31(28-39(34)49)32-21-13-25-41-42(32)36-20-9-12-24-40(36)50-41/h1-28H. The Morgan fingerprint density at radius 1 is 0.380 bits per heavy atom. The number of fused-ring (bicyclic) bond motifs is 6. The summed E-state index contributed by atoms with van der Waals surface area (Å²) in [6, 6.07) is 58.6. The molecule has 0 spiro atoms. The summed E-state index contributed by atoms with van der Waals surface area (Å²) in [5, 5.41) is 4.59. The van der Waals surface area contributed by atoms with E-state index in [1.165, 1.54) is 10.8 Å². The van der Waals surface area contributed by atoms with E-state index >= 15 is 0 Å². The first-order chi connectivity index (χ1) is 24.8. The van der Waals surface area contributed by atoms with E-state index in [1.807, 2.05) is 78.9 Å². The summed E-state index contributed by atoms with van der Waals surface area (Å²) in [6.45, 7) is 0. The largest absolute Gasteiger partial charge is 0.456 e. The van der Waals surface area contributed by atoms with Gasteiger partial charge in [0.1, 0.15) is 11.2 Å². The zero-order valence-corrected chi connectivity index (χ0v) is 26.9. The van der Waals surface area contributed by atoms with Crippen LogP contribution in [-0.4, -0.2) is 19.5 Å². The number of benzene rings is 7. The van der Waals surface area contributed by atoms with Gasteiger partial charge in [0.15, 0.2) is 17.5 Å². The molecule has 3 aromatic heterocycles. The fourth-order valence-corrected chi connectivity index (χ4v) is 7.20. The minimum Gasteiger partial charge on any atom is -0.456 e. The van der Waals surface area contributed by atoms with E-state index in [0.717, 1.165) is 66.5 Å². The Balaban J connectivity index is 1.23. The summed E-state index contributed by atoms with van der Waals surface area (Å²) in [4.78, 5) is 15.2. The van der Waals surface area contributed by atoms with Gasteiger partial charge in [-0.1, -0.05) is 133 Å². The number of aromatic nitrogens is 4. The van der Waals surface area contributed by atoms with Crippen LogP contribution in [0.15, 0.2) is 174 Å². The molecule has 0 radical (unpaired) electrons. The Labute approximate surface area is 287 Å². The molecule has 7 aromatic carbocycles. The lowest BCUT2D eigenvalue weighted by molar-refractivity contribution is 0.669. The van der Waals surface area contributed by atoms with Gasteiger partial charge < -0.3 is 8.98 Å². The molecule has 0 amide bonds. The Morgan fingerprint density at radius 3 is 1.74 bits per heavy atom. The average Bonchev–Trinajstić information content (AvgIpc) is 3.74. The van der Waals surface area contributed by atoms with Crippen LogP contribution in [0.5, 0.6) is 0 Å². The maximum absolute atomic E-state index is 6.27. The molecule has 0 aliphatic rings. The van der Waals surface area contributed by atoms with Crippen molar-refractivity contribution in [2.75, 3.05) is 0 Å². The number of hydrogen-bond donors (Lipinski definition) is 0. The quantitative estimate of drug-likeness (QED) is 0.188. The van der Waals surface area contributed by atoms with Crippen LogP contribution < -0.4 is 0 Å². The molecule has 5 nitrogen and oxygen atoms in total. The number of rotatable bonds is 5. The summed E-state index contributed by atoms with van der Waals surface area (Å²) in [5.41, 5.74) is 10.0. The van der Waals surface area contributed by atoms with E-state index in [0.29, 0.717) is 17.5 Å². The molecule has 0 saturated carbocycles. The molecule has 0 N–H and O–H groups in total. The molecule has 3 heterocycles. The minimum atomic E-state index is 0.616. The van der Waals surface area contributed by atoms with Crippen molar-refractivity contribution in [3.8, 4) is 51.0 Å². The second-order valence-electron chi connectivity index (χ2n) is 12.4. The molecular formula is C45H28N4O. The molecule has 5 heteroatoms. The molecule has 234 valence electrons. The summed E-state index contributed by atoms with van der Waals surface area (Å²) in [5.74, 6) is 1.88. The first-order valence-corrected chi connectivity index (χ1v) is 16.7. The summed E-state index contributed by atoms with van der Waals surface area (Å²) in [6.07, 6.45) is 0. The highest BCUT2D eigenvalue weighted by molar-refractivity contribution is 6.15. The fourth-order valence-electron chi connectivity index (χ4n) is 7.20. The lowest BCUT2D eigenvalue weighted by Crippen LogP contribution is -2.03. The average molecular weight is 641 g/mol. The Bertz CT molecular complexity index is 2810. The van der Waals surface area contributed by atoms with Crippen molar-refractivity contribution in [3.05, 3.63) is 170 Å². The van der Waals surface area contributed by atoms with Gasteiger partial charge in [-0.05, 0) is 47.5 Å². The van der Waals surface area contributed by atoms with Gasteiger partial charge in [0.05, 0.1) is 16.7 Å². The lowest BCUT2D eigenvalue weighted by atomic mass is 9.98. The second-order valence-corrected chi connectivity index (χ2v) is 12.4. The SMILES string of the molecule is c1ccc(-c2nc(-c3ccccc3)nc(-c3ccccc3-n3c4ccccc4c4ccc(-c5cccc6oc7ccccc7c56)cc43)n2)cc1. The third-order valence-corrected chi connectivity index (χ3v) is 9.47. The molecule has 0 atom stereocenters. The van der Waals surface area contributed by atoms with Gasteiger partial charge >= 0.3 is 0 Å². The van der Waals surface area contributed by atoms with E-state index in [-0.39, 0.29) is 0 Å². The second kappa shape index (κ2) is 11.4. The van der Waals surface area contributed by atoms with Gasteiger partial charge in [0.2, 0.25) is 0 Å². The fraction of sp³-hybridized carbons (Fsp3) is 0. The Hall–Kier alpha value is -6.85. The van der Waals surface area contributed by atoms with Crippen molar-refractivity contribution < 1.29 is 4.42 Å². The topological polar surface area (TPSA) is 56.7 Å². The third kappa shape index (κ3) is 4.52. The Morgan fingerprint density at radius 2 is 0.960 bits per heavy atom. The van der Waals surface area contributed by atoms with Gasteiger partial charge in [-0.3, -0.25) is 0 Å². The molecule has 0 unspecified atom stereocenters. The highest BCUT2D eigenvalue weighted by atomic mass is 16.3. The lowest BCUT2D eigenvalue weighted by Gasteiger charge is -2.15. The first-order valence-electron chi connectivity index (χ1n) is 16.7. The van der Waals surface area contributed by atoms with Gasteiger partial charge in [0.25, 0.3) is 0 Å². The van der Waals surface area contributed by atoms with Crippen LogP contribution >= 0.6 is 0 Å². The van der Waals surface area contributed by atoms with Gasteiger partial charge in [-0.25, -0.2) is 15.0 Å². The zero-order valence-electron chi connectivity index (χ0n) is 26.9. The molecule has 0 aliphatic heterocycles. The van der Waals surface area contributed by atoms with Crippen LogP contribution in [0.1, 0.15) is 0 Å². The van der Waals surface area contributed by atoms with Crippen LogP contribution in [0, 0.1) is 0 Å². The van der Waals surface area contributed by atoms with Gasteiger partial charge in [-0.2, -0.15) is 0 Å². The van der Waals surface area contributed by atoms with Crippen molar-refractivity contribution in [3.63, 3.8) is 0 Å². The van der Waals surface area contributed by atoms with E-state index < -0.39 is 0 Å². The normalized spacial score (nSPS) is 11.6. The van der Waals surface area contributed by atoms with Gasteiger partial charge in [-0.15, -0.1) is 0 Å². The molecule has 0 saturated heterocycles. The van der Waals surface area contributed by atoms with E-state index in [4.69, 9.17) is 19.4 Å². The molecule has 0 fully saturated rings. The first kappa shape index (κ1) is 28.2. The highest BCUT2D eigenvalue weighted by Gasteiger charge is 2.20. The molecule has 0 bridgehead atoms. The predicted molar refractivity (Wildman–Crippen MR) is 203 cm³/mol. The van der Waals surface area contributed by atoms with E-state index in [1.54, 1.807) is 0 Å². The van der Waals surface area contributed by atoms with Crippen LogP contribution in [0.2, 0.25) is 0 Å². The van der Waals surface area contributed by atoms with Crippen molar-refractivity contribution in [1.29, 1.82) is 0 Å². The minimum absolute atomic E-state index is 0.616. The van der Waals surface area contributed by atoms with Crippen LogP contribution in [0.25, 0.3) is 94.7 Å². The molecular weight excluding hydrogens is 613 g/mol. The van der Waals surface area contributed by atoms with Gasteiger partial charge in [0, 0.05) is 38.2 Å². The van der Waals surface area contributed by atoms with E-state index in [9.17, 15) is 0 Å². The zero-order chi connectivity index (χ0) is 33.0. The summed E-state index contributed by atoms with van der Waals surface area (Å²) >= 11 is 0. The predicted octanol–water partition coefficient (Wildman–Crippen LogP) is 11.5. The molecule has 10 rings (SSSR count). The summed E-state index contributed by atoms with van der Waals surface area (Å²) < 4.78 is 8.62. The molecule has 50 heavy (non-hydrogen) atoms. The number of hydrogen-bond acceptors (Lipinski definition) is 4. The third-order valence-electron chi connectivity index (χ3n) is 9.47. The number of nitrogens with zero attached hydrogens (tertiary/aromatic N) is 4. The van der Waals surface area contributed by atoms with Crippen molar-refractivity contribution in [1.82, 2.24) is 19.5 Å². The molecule has 10 aromatic rings. The number of furan rings is 1. The number of para-hydroxylation sites is 3. The van der Waals surface area contributed by atoms with Crippen molar-refractivity contribution in [2.24, 2.45) is 0 Å². The Kier molecular flexibility index (Phi) is 6.42. The van der Waals surface area contributed by atoms with Crippen molar-refractivity contribution in [2.45, 2.75) is 0 Å². The van der Waals surface area contributed by atoms with Crippen LogP contribution in [0.4, 0.5) is 0 Å². The van der Waals surface area contributed by atoms with Crippen LogP contribution in [0.3, 0.4) is 0 Å². The maximum atomic E-state index is 6.27. The monoisotopic (exact) mass is 640 g/mol. The van der Waals surface area contributed by atoms with E-state index in [2.05, 4.69) is 95.6 Å². The smallest absolute Gasteiger partial charge is 0.166 e. The molecule has 0 aliphatic carbocycles. The van der Waals surface area contributed by atoms with Crippen molar-refractivity contribution >= 4 is 43.7 Å². The highest BCUT2D eigenvalue weighted by Crippen LogP contribution is 2.41. The summed E-state index contributed by atoms with van der Waals surface area (Å²) in [7, 11) is 0.